The molecule has 0 fully saturated rings. The van der Waals surface area contributed by atoms with Crippen molar-refractivity contribution in [3.8, 4) is 0 Å². The normalized spacial score (nSPS) is 18.7. The number of hydrogen-bond donors (Lipinski definition) is 0. The predicted octanol–water partition coefficient (Wildman–Crippen LogP) is 4.25. The summed E-state index contributed by atoms with van der Waals surface area (Å²) in [4.78, 5) is 9.15. The molecule has 0 saturated heterocycles. The zero-order valence-electron chi connectivity index (χ0n) is 12.1. The van der Waals surface area contributed by atoms with Gasteiger partial charge in [-0.2, -0.15) is 0 Å². The van der Waals surface area contributed by atoms with Gasteiger partial charge in [-0.05, 0) is 25.5 Å². The third-order valence-electron chi connectivity index (χ3n) is 3.02. The average molecular weight is 264 g/mol. The molecule has 1 aliphatic heterocycles. The maximum atomic E-state index is 4.59. The summed E-state index contributed by atoms with van der Waals surface area (Å²) in [5.41, 5.74) is 4.45. The lowest BCUT2D eigenvalue weighted by molar-refractivity contribution is 0.738. The Labute approximate surface area is 121 Å². The molecule has 1 atom stereocenters. The van der Waals surface area contributed by atoms with Crippen molar-refractivity contribution in [3.05, 3.63) is 71.8 Å². The van der Waals surface area contributed by atoms with Crippen LogP contribution in [0.3, 0.4) is 0 Å². The van der Waals surface area contributed by atoms with Crippen LogP contribution in [0.4, 0.5) is 0 Å². The van der Waals surface area contributed by atoms with Gasteiger partial charge in [0.05, 0.1) is 18.3 Å². The van der Waals surface area contributed by atoms with E-state index < -0.39 is 0 Å². The smallest absolute Gasteiger partial charge is 0.0945 e. The summed E-state index contributed by atoms with van der Waals surface area (Å²) in [6.07, 6.45) is 9.71. The van der Waals surface area contributed by atoms with Gasteiger partial charge < -0.3 is 0 Å². The van der Waals surface area contributed by atoms with Gasteiger partial charge >= 0.3 is 0 Å². The van der Waals surface area contributed by atoms with E-state index in [1.54, 1.807) is 0 Å². The van der Waals surface area contributed by atoms with Gasteiger partial charge in [0.25, 0.3) is 0 Å². The molecule has 0 spiro atoms. The molecule has 0 bridgehead atoms. The van der Waals surface area contributed by atoms with Gasteiger partial charge in [0.15, 0.2) is 0 Å². The number of aliphatic imine (C=N–C) groups is 2. The number of rotatable bonds is 4. The molecule has 2 rings (SSSR count). The summed E-state index contributed by atoms with van der Waals surface area (Å²) in [5, 5.41) is 0. The van der Waals surface area contributed by atoms with E-state index in [-0.39, 0.29) is 6.04 Å². The van der Waals surface area contributed by atoms with E-state index >= 15 is 0 Å². The van der Waals surface area contributed by atoms with Crippen LogP contribution in [0.15, 0.2) is 70.7 Å². The van der Waals surface area contributed by atoms with Gasteiger partial charge in [-0.1, -0.05) is 60.2 Å². The molecule has 1 unspecified atom stereocenters. The molecule has 0 saturated carbocycles. The maximum Gasteiger partial charge on any atom is 0.0945 e. The van der Waals surface area contributed by atoms with Crippen LogP contribution in [0.1, 0.15) is 24.1 Å². The van der Waals surface area contributed by atoms with Gasteiger partial charge in [-0.15, -0.1) is 0 Å². The van der Waals surface area contributed by atoms with Gasteiger partial charge in [0, 0.05) is 6.21 Å². The molecule has 1 aromatic rings. The van der Waals surface area contributed by atoms with E-state index in [0.29, 0.717) is 6.54 Å². The topological polar surface area (TPSA) is 24.7 Å². The van der Waals surface area contributed by atoms with Crippen molar-refractivity contribution in [1.29, 1.82) is 0 Å². The van der Waals surface area contributed by atoms with Crippen molar-refractivity contribution in [3.63, 3.8) is 0 Å². The lowest BCUT2D eigenvalue weighted by Gasteiger charge is -2.14. The van der Waals surface area contributed by atoms with Gasteiger partial charge in [0.2, 0.25) is 0 Å². The van der Waals surface area contributed by atoms with Crippen molar-refractivity contribution in [2.24, 2.45) is 9.98 Å². The molecular formula is C18H20N2. The first kappa shape index (κ1) is 14.2. The highest BCUT2D eigenvalue weighted by Crippen LogP contribution is 2.20. The minimum absolute atomic E-state index is 0.151. The van der Waals surface area contributed by atoms with Gasteiger partial charge in [-0.25, -0.2) is 0 Å². The fraction of sp³-hybridized carbons (Fsp3) is 0.222. The second-order valence-corrected chi connectivity index (χ2v) is 5.04. The highest BCUT2D eigenvalue weighted by Gasteiger charge is 2.12. The molecule has 102 valence electrons. The van der Waals surface area contributed by atoms with Gasteiger partial charge in [0.1, 0.15) is 0 Å². The van der Waals surface area contributed by atoms with Crippen LogP contribution in [0.5, 0.6) is 0 Å². The van der Waals surface area contributed by atoms with Crippen LogP contribution in [-0.2, 0) is 0 Å². The van der Waals surface area contributed by atoms with E-state index in [1.807, 2.05) is 37.4 Å². The Balaban J connectivity index is 1.98. The van der Waals surface area contributed by atoms with E-state index in [4.69, 9.17) is 0 Å². The van der Waals surface area contributed by atoms with Crippen molar-refractivity contribution >= 4 is 11.9 Å². The minimum atomic E-state index is 0.151. The number of allylic oxidation sites excluding steroid dienone is 5. The molecule has 0 aliphatic carbocycles. The Bertz CT molecular complexity index is 604. The first-order valence-electron chi connectivity index (χ1n) is 6.79. The molecule has 2 nitrogen and oxygen atoms in total. The number of benzene rings is 1. The van der Waals surface area contributed by atoms with Gasteiger partial charge in [-0.3, -0.25) is 9.98 Å². The third-order valence-corrected chi connectivity index (χ3v) is 3.02. The lowest BCUT2D eigenvalue weighted by Crippen LogP contribution is -2.11. The van der Waals surface area contributed by atoms with Crippen LogP contribution in [0.2, 0.25) is 0 Å². The van der Waals surface area contributed by atoms with E-state index in [9.17, 15) is 0 Å². The van der Waals surface area contributed by atoms with Crippen molar-refractivity contribution in [2.75, 3.05) is 6.54 Å². The highest BCUT2D eigenvalue weighted by molar-refractivity contribution is 6.36. The van der Waals surface area contributed by atoms with E-state index in [1.165, 1.54) is 11.1 Å². The van der Waals surface area contributed by atoms with E-state index in [0.717, 1.165) is 11.3 Å². The largest absolute Gasteiger partial charge is 0.281 e. The Morgan fingerprint density at radius 1 is 1.35 bits per heavy atom. The Morgan fingerprint density at radius 3 is 2.85 bits per heavy atom. The monoisotopic (exact) mass is 264 g/mol. The first-order chi connectivity index (χ1) is 9.65. The fourth-order valence-electron chi connectivity index (χ4n) is 1.98. The summed E-state index contributed by atoms with van der Waals surface area (Å²) in [6.45, 7) is 8.59. The van der Waals surface area contributed by atoms with Crippen LogP contribution < -0.4 is 0 Å². The minimum Gasteiger partial charge on any atom is -0.281 e. The molecule has 0 aromatic heterocycles. The number of aryl methyl sites for hydroxylation is 1. The van der Waals surface area contributed by atoms with Crippen molar-refractivity contribution < 1.29 is 0 Å². The maximum absolute atomic E-state index is 4.59. The van der Waals surface area contributed by atoms with Crippen LogP contribution in [0, 0.1) is 6.92 Å². The Morgan fingerprint density at radius 2 is 2.20 bits per heavy atom. The second-order valence-electron chi connectivity index (χ2n) is 5.04. The highest BCUT2D eigenvalue weighted by atomic mass is 14.9. The predicted molar refractivity (Wildman–Crippen MR) is 87.8 cm³/mol. The molecule has 2 heteroatoms. The molecular weight excluding hydrogens is 244 g/mol. The molecule has 1 heterocycles. The van der Waals surface area contributed by atoms with E-state index in [2.05, 4.69) is 47.8 Å². The molecule has 0 radical (unpaired) electrons. The van der Waals surface area contributed by atoms with Crippen LogP contribution in [0.25, 0.3) is 0 Å². The number of nitrogens with zero attached hydrogens (tertiary/aromatic N) is 2. The summed E-state index contributed by atoms with van der Waals surface area (Å²) in [7, 11) is 0. The number of hydrogen-bond acceptors (Lipinski definition) is 2. The summed E-state index contributed by atoms with van der Waals surface area (Å²) < 4.78 is 0. The molecule has 20 heavy (non-hydrogen) atoms. The van der Waals surface area contributed by atoms with Crippen molar-refractivity contribution in [2.45, 2.75) is 19.9 Å². The van der Waals surface area contributed by atoms with Crippen LogP contribution >= 0.6 is 0 Å². The quantitative estimate of drug-likeness (QED) is 0.726. The molecule has 1 aliphatic rings. The fourth-order valence-corrected chi connectivity index (χ4v) is 1.98. The SMILES string of the molecule is C=C(C)/C=C\C=C\C1=NCC(c2cccc(C)c2)N=C1. The summed E-state index contributed by atoms with van der Waals surface area (Å²) in [6, 6.07) is 8.61. The summed E-state index contributed by atoms with van der Waals surface area (Å²) in [5.74, 6) is 0. The summed E-state index contributed by atoms with van der Waals surface area (Å²) >= 11 is 0. The molecule has 0 N–H and O–H groups in total. The van der Waals surface area contributed by atoms with Crippen molar-refractivity contribution in [1.82, 2.24) is 0 Å². The Hall–Kier alpha value is -2.22. The standard InChI is InChI=1S/C18H20N2/c1-14(2)7-4-5-10-17-12-20-18(13-19-17)16-9-6-8-15(3)11-16/h4-12,18H,1,13H2,2-3H3/b7-4-,10-5+. The Kier molecular flexibility index (Phi) is 4.83. The molecule has 1 aromatic carbocycles. The first-order valence-corrected chi connectivity index (χ1v) is 6.79. The zero-order chi connectivity index (χ0) is 14.4. The molecule has 0 amide bonds. The zero-order valence-corrected chi connectivity index (χ0v) is 12.1. The average Bonchev–Trinajstić information content (AvgIpc) is 2.44. The third kappa shape index (κ3) is 4.16. The lowest BCUT2D eigenvalue weighted by atomic mass is 10.0. The second kappa shape index (κ2) is 6.80. The van der Waals surface area contributed by atoms with Crippen LogP contribution in [-0.4, -0.2) is 18.5 Å².